The number of aryl methyl sites for hydroxylation is 2. The number of amides is 1. The first-order valence-electron chi connectivity index (χ1n) is 7.73. The van der Waals surface area contributed by atoms with E-state index in [1.54, 1.807) is 9.13 Å². The molecule has 0 atom stereocenters. The minimum absolute atomic E-state index is 0.0683. The van der Waals surface area contributed by atoms with Gasteiger partial charge in [-0.1, -0.05) is 30.3 Å². The molecule has 5 heteroatoms. The van der Waals surface area contributed by atoms with Gasteiger partial charge in [-0.25, -0.2) is 4.79 Å². The fraction of sp³-hybridized carbons (Fsp3) is 0.222. The Hall–Kier alpha value is -2.82. The molecular formula is C18H19N3O2. The highest BCUT2D eigenvalue weighted by Gasteiger charge is 2.12. The Morgan fingerprint density at radius 2 is 1.57 bits per heavy atom. The van der Waals surface area contributed by atoms with Crippen LogP contribution in [0, 0.1) is 0 Å². The van der Waals surface area contributed by atoms with E-state index in [4.69, 9.17) is 0 Å². The number of nitrogens with one attached hydrogen (secondary N) is 1. The van der Waals surface area contributed by atoms with Gasteiger partial charge in [0, 0.05) is 25.2 Å². The van der Waals surface area contributed by atoms with Crippen LogP contribution in [0.2, 0.25) is 0 Å². The molecule has 0 saturated carbocycles. The molecule has 3 aromatic rings. The Labute approximate surface area is 134 Å². The van der Waals surface area contributed by atoms with Crippen LogP contribution in [0.1, 0.15) is 13.3 Å². The van der Waals surface area contributed by atoms with Crippen LogP contribution >= 0.6 is 0 Å². The maximum absolute atomic E-state index is 12.5. The summed E-state index contributed by atoms with van der Waals surface area (Å²) in [5, 5.41) is 2.84. The van der Waals surface area contributed by atoms with Crippen molar-refractivity contribution in [2.45, 2.75) is 26.4 Å². The standard InChI is InChI=1S/C18H19N3O2/c1-2-20-15-10-6-7-11-16(15)21(18(20)23)13-12-17(22)19-14-8-4-3-5-9-14/h3-11H,2,12-13H2,1H3,(H,19,22). The first kappa shape index (κ1) is 15.1. The molecule has 0 spiro atoms. The van der Waals surface area contributed by atoms with E-state index >= 15 is 0 Å². The van der Waals surface area contributed by atoms with Crippen LogP contribution in [-0.4, -0.2) is 15.0 Å². The van der Waals surface area contributed by atoms with E-state index in [0.717, 1.165) is 16.7 Å². The maximum Gasteiger partial charge on any atom is 0.329 e. The van der Waals surface area contributed by atoms with E-state index in [-0.39, 0.29) is 18.0 Å². The Kier molecular flexibility index (Phi) is 4.28. The number of hydrogen-bond acceptors (Lipinski definition) is 2. The van der Waals surface area contributed by atoms with E-state index in [1.165, 1.54) is 0 Å². The second-order valence-corrected chi connectivity index (χ2v) is 5.33. The van der Waals surface area contributed by atoms with Crippen molar-refractivity contribution in [1.29, 1.82) is 0 Å². The fourth-order valence-electron chi connectivity index (χ4n) is 2.75. The van der Waals surface area contributed by atoms with Gasteiger partial charge < -0.3 is 5.32 Å². The summed E-state index contributed by atoms with van der Waals surface area (Å²) in [6, 6.07) is 17.0. The molecule has 23 heavy (non-hydrogen) atoms. The lowest BCUT2D eigenvalue weighted by Gasteiger charge is -2.06. The first-order chi connectivity index (χ1) is 11.2. The fourth-order valence-corrected chi connectivity index (χ4v) is 2.75. The van der Waals surface area contributed by atoms with Gasteiger partial charge in [0.05, 0.1) is 11.0 Å². The minimum atomic E-state index is -0.101. The number of imidazole rings is 1. The van der Waals surface area contributed by atoms with Crippen LogP contribution in [-0.2, 0) is 17.9 Å². The topological polar surface area (TPSA) is 56.0 Å². The molecule has 0 bridgehead atoms. The largest absolute Gasteiger partial charge is 0.329 e. The van der Waals surface area contributed by atoms with Gasteiger partial charge in [-0.15, -0.1) is 0 Å². The zero-order chi connectivity index (χ0) is 16.2. The van der Waals surface area contributed by atoms with Gasteiger partial charge in [0.1, 0.15) is 0 Å². The van der Waals surface area contributed by atoms with Crippen molar-refractivity contribution in [3.05, 3.63) is 65.1 Å². The Bertz CT molecular complexity index is 878. The molecule has 1 heterocycles. The monoisotopic (exact) mass is 309 g/mol. The molecule has 0 aliphatic rings. The molecule has 1 aromatic heterocycles. The van der Waals surface area contributed by atoms with Crippen molar-refractivity contribution in [2.24, 2.45) is 0 Å². The zero-order valence-electron chi connectivity index (χ0n) is 13.0. The van der Waals surface area contributed by atoms with Crippen molar-refractivity contribution in [1.82, 2.24) is 9.13 Å². The van der Waals surface area contributed by atoms with Gasteiger partial charge in [0.2, 0.25) is 5.91 Å². The number of fused-ring (bicyclic) bond motifs is 1. The van der Waals surface area contributed by atoms with Gasteiger partial charge >= 0.3 is 5.69 Å². The quantitative estimate of drug-likeness (QED) is 0.788. The van der Waals surface area contributed by atoms with E-state index < -0.39 is 0 Å². The lowest BCUT2D eigenvalue weighted by molar-refractivity contribution is -0.116. The van der Waals surface area contributed by atoms with Crippen molar-refractivity contribution < 1.29 is 4.79 Å². The number of aromatic nitrogens is 2. The Morgan fingerprint density at radius 3 is 2.22 bits per heavy atom. The van der Waals surface area contributed by atoms with Crippen LogP contribution in [0.25, 0.3) is 11.0 Å². The lowest BCUT2D eigenvalue weighted by atomic mass is 10.3. The smallest absolute Gasteiger partial charge is 0.326 e. The second kappa shape index (κ2) is 6.52. The van der Waals surface area contributed by atoms with Gasteiger partial charge in [-0.3, -0.25) is 13.9 Å². The third-order valence-electron chi connectivity index (χ3n) is 3.86. The summed E-state index contributed by atoms with van der Waals surface area (Å²) >= 11 is 0. The number of carbonyl (C=O) groups is 1. The van der Waals surface area contributed by atoms with Crippen LogP contribution < -0.4 is 11.0 Å². The summed E-state index contributed by atoms with van der Waals surface area (Å²) in [5.41, 5.74) is 2.47. The van der Waals surface area contributed by atoms with Gasteiger partial charge in [0.15, 0.2) is 0 Å². The molecule has 0 aliphatic carbocycles. The Morgan fingerprint density at radius 1 is 0.957 bits per heavy atom. The molecule has 1 N–H and O–H groups in total. The number of para-hydroxylation sites is 3. The molecule has 0 aliphatic heterocycles. The zero-order valence-corrected chi connectivity index (χ0v) is 13.0. The molecule has 3 rings (SSSR count). The van der Waals surface area contributed by atoms with Crippen LogP contribution in [0.4, 0.5) is 5.69 Å². The van der Waals surface area contributed by atoms with Crippen molar-refractivity contribution in [3.63, 3.8) is 0 Å². The molecule has 0 saturated heterocycles. The summed E-state index contributed by atoms with van der Waals surface area (Å²) in [6.45, 7) is 2.92. The van der Waals surface area contributed by atoms with Crippen molar-refractivity contribution in [3.8, 4) is 0 Å². The van der Waals surface area contributed by atoms with E-state index in [2.05, 4.69) is 5.32 Å². The van der Waals surface area contributed by atoms with E-state index in [9.17, 15) is 9.59 Å². The number of anilines is 1. The van der Waals surface area contributed by atoms with Gasteiger partial charge in [0.25, 0.3) is 0 Å². The maximum atomic E-state index is 12.5. The molecule has 5 nitrogen and oxygen atoms in total. The summed E-state index contributed by atoms with van der Waals surface area (Å²) in [4.78, 5) is 24.6. The van der Waals surface area contributed by atoms with Gasteiger partial charge in [-0.05, 0) is 31.2 Å². The Balaban J connectivity index is 1.78. The molecule has 0 fully saturated rings. The number of benzene rings is 2. The van der Waals surface area contributed by atoms with E-state index in [1.807, 2.05) is 61.5 Å². The predicted octanol–water partition coefficient (Wildman–Crippen LogP) is 2.85. The average Bonchev–Trinajstić information content (AvgIpc) is 2.85. The third kappa shape index (κ3) is 3.04. The number of nitrogens with zero attached hydrogens (tertiary/aromatic N) is 2. The minimum Gasteiger partial charge on any atom is -0.326 e. The number of hydrogen-bond donors (Lipinski definition) is 1. The summed E-state index contributed by atoms with van der Waals surface area (Å²) < 4.78 is 3.40. The SMILES string of the molecule is CCn1c(=O)n(CCC(=O)Nc2ccccc2)c2ccccc21. The lowest BCUT2D eigenvalue weighted by Crippen LogP contribution is -2.25. The molecule has 0 unspecified atom stereocenters. The third-order valence-corrected chi connectivity index (χ3v) is 3.86. The van der Waals surface area contributed by atoms with Crippen LogP contribution in [0.3, 0.4) is 0 Å². The highest BCUT2D eigenvalue weighted by molar-refractivity contribution is 5.90. The second-order valence-electron chi connectivity index (χ2n) is 5.33. The highest BCUT2D eigenvalue weighted by Crippen LogP contribution is 2.13. The number of rotatable bonds is 5. The first-order valence-corrected chi connectivity index (χ1v) is 7.73. The summed E-state index contributed by atoms with van der Waals surface area (Å²) in [5.74, 6) is -0.101. The average molecular weight is 309 g/mol. The summed E-state index contributed by atoms with van der Waals surface area (Å²) in [7, 11) is 0. The molecule has 0 radical (unpaired) electrons. The molecular weight excluding hydrogens is 290 g/mol. The summed E-state index contributed by atoms with van der Waals surface area (Å²) in [6.07, 6.45) is 0.256. The molecule has 118 valence electrons. The van der Waals surface area contributed by atoms with Crippen molar-refractivity contribution in [2.75, 3.05) is 5.32 Å². The van der Waals surface area contributed by atoms with E-state index in [0.29, 0.717) is 13.1 Å². The van der Waals surface area contributed by atoms with Crippen molar-refractivity contribution >= 4 is 22.6 Å². The predicted molar refractivity (Wildman–Crippen MR) is 91.6 cm³/mol. The molecule has 1 amide bonds. The molecule has 2 aromatic carbocycles. The highest BCUT2D eigenvalue weighted by atomic mass is 16.2. The van der Waals surface area contributed by atoms with Gasteiger partial charge in [-0.2, -0.15) is 0 Å². The van der Waals surface area contributed by atoms with Crippen LogP contribution in [0.5, 0.6) is 0 Å². The normalized spacial score (nSPS) is 10.8. The number of carbonyl (C=O) groups excluding carboxylic acids is 1. The van der Waals surface area contributed by atoms with Crippen LogP contribution in [0.15, 0.2) is 59.4 Å².